The Morgan fingerprint density at radius 1 is 1.83 bits per heavy atom. The third-order valence-corrected chi connectivity index (χ3v) is 1.11. The summed E-state index contributed by atoms with van der Waals surface area (Å²) < 4.78 is 23.6. The molecule has 0 fully saturated rings. The van der Waals surface area contributed by atoms with Crippen LogP contribution in [0.4, 0.5) is 0 Å². The van der Waals surface area contributed by atoms with Crippen LogP contribution in [0.3, 0.4) is 0 Å². The van der Waals surface area contributed by atoms with Crippen molar-refractivity contribution in [1.82, 2.24) is 5.32 Å². The molecule has 0 aromatic rings. The third kappa shape index (κ3) is 5.92. The maximum absolute atomic E-state index is 10.3. The molecule has 0 heterocycles. The Morgan fingerprint density at radius 2 is 2.42 bits per heavy atom. The van der Waals surface area contributed by atoms with Crippen molar-refractivity contribution in [1.29, 1.82) is 0 Å². The van der Waals surface area contributed by atoms with E-state index in [9.17, 15) is 18.4 Å². The van der Waals surface area contributed by atoms with Crippen LogP contribution in [-0.4, -0.2) is 33.7 Å². The molecule has 8 heteroatoms. The Morgan fingerprint density at radius 3 is 2.83 bits per heavy atom. The predicted molar refractivity (Wildman–Crippen MR) is 37.1 cm³/mol. The lowest BCUT2D eigenvalue weighted by Gasteiger charge is -2.12. The number of carbonyl (C=O) groups excluding carboxylic acids is 2. The normalized spacial score (nSPS) is 14.8. The summed E-state index contributed by atoms with van der Waals surface area (Å²) in [6.07, 6.45) is -0.991. The van der Waals surface area contributed by atoms with Gasteiger partial charge >= 0.3 is 0 Å². The zero-order chi connectivity index (χ0) is 9.56. The van der Waals surface area contributed by atoms with Crippen LogP contribution in [0.2, 0.25) is 0 Å². The minimum absolute atomic E-state index is 0.0218. The molecular weight excluding hydrogens is 188 g/mol. The average Bonchev–Trinajstić information content (AvgIpc) is 2.00. The number of nitrogens with two attached hydrogens (primary N) is 1. The van der Waals surface area contributed by atoms with Crippen molar-refractivity contribution in [2.24, 2.45) is 5.73 Å². The summed E-state index contributed by atoms with van der Waals surface area (Å²) in [6, 6.07) is 0. The zero-order valence-electron chi connectivity index (χ0n) is 5.89. The van der Waals surface area contributed by atoms with Crippen LogP contribution in [0.1, 0.15) is 0 Å². The largest absolute Gasteiger partial charge is 0.750 e. The van der Waals surface area contributed by atoms with Crippen molar-refractivity contribution in [3.63, 3.8) is 0 Å². The first kappa shape index (κ1) is 11.2. The molecule has 0 aliphatic carbocycles. The second kappa shape index (κ2) is 5.77. The van der Waals surface area contributed by atoms with Crippen LogP contribution >= 0.6 is 0 Å². The van der Waals surface area contributed by atoms with Gasteiger partial charge in [0.15, 0.2) is 0 Å². The maximum atomic E-state index is 10.3. The molecule has 0 spiro atoms. The number of aldehydes is 1. The van der Waals surface area contributed by atoms with Gasteiger partial charge in [0.2, 0.25) is 6.29 Å². The summed E-state index contributed by atoms with van der Waals surface area (Å²) in [5.41, 5.74) is 5.11. The van der Waals surface area contributed by atoms with Gasteiger partial charge in [-0.15, -0.1) is 0 Å². The van der Waals surface area contributed by atoms with E-state index in [4.69, 9.17) is 5.73 Å². The molecule has 70 valence electrons. The molecule has 2 atom stereocenters. The quantitative estimate of drug-likeness (QED) is 0.214. The third-order valence-electron chi connectivity index (χ3n) is 0.779. The molecule has 0 aromatic heterocycles. The van der Waals surface area contributed by atoms with Gasteiger partial charge in [-0.3, -0.25) is 13.8 Å². The highest BCUT2D eigenvalue weighted by molar-refractivity contribution is 7.74. The fraction of sp³-hybridized carbons (Fsp3) is 0.500. The van der Waals surface area contributed by atoms with E-state index in [2.05, 4.69) is 4.18 Å². The lowest BCUT2D eigenvalue weighted by molar-refractivity contribution is -0.131. The fourth-order valence-corrected chi connectivity index (χ4v) is 0.645. The first-order valence-electron chi connectivity index (χ1n) is 2.80. The SMILES string of the molecule is NC(COS(=O)[O-])NC(=O)C=O. The van der Waals surface area contributed by atoms with Crippen LogP contribution in [0.15, 0.2) is 0 Å². The molecular formula is C4H7N2O5S-. The second-order valence-corrected chi connectivity index (χ2v) is 2.37. The second-order valence-electron chi connectivity index (χ2n) is 1.72. The number of hydrogen-bond donors (Lipinski definition) is 2. The molecule has 2 unspecified atom stereocenters. The Kier molecular flexibility index (Phi) is 5.37. The molecule has 3 N–H and O–H groups in total. The summed E-state index contributed by atoms with van der Waals surface area (Å²) in [4.78, 5) is 20.0. The Hall–Kier alpha value is -0.830. The van der Waals surface area contributed by atoms with E-state index in [1.807, 2.05) is 5.32 Å². The summed E-state index contributed by atoms with van der Waals surface area (Å²) in [5.74, 6) is -0.928. The lowest BCUT2D eigenvalue weighted by Crippen LogP contribution is -2.45. The molecule has 12 heavy (non-hydrogen) atoms. The number of nitrogens with one attached hydrogen (secondary N) is 1. The summed E-state index contributed by atoms with van der Waals surface area (Å²) >= 11 is -2.67. The average molecular weight is 195 g/mol. The molecule has 7 nitrogen and oxygen atoms in total. The predicted octanol–water partition coefficient (Wildman–Crippen LogP) is -2.60. The standard InChI is InChI=1S/C4H8N2O5S/c5-3(2-11-12(9)10)6-4(8)1-7/h1,3H,2,5H2,(H,6,8)(H,9,10)/p-1. The summed E-state index contributed by atoms with van der Waals surface area (Å²) in [7, 11) is 0. The Labute approximate surface area is 70.7 Å². The molecule has 0 rings (SSSR count). The van der Waals surface area contributed by atoms with Crippen LogP contribution in [0.25, 0.3) is 0 Å². The van der Waals surface area contributed by atoms with E-state index in [1.165, 1.54) is 0 Å². The molecule has 1 amide bonds. The molecule has 0 aliphatic rings. The zero-order valence-corrected chi connectivity index (χ0v) is 6.71. The van der Waals surface area contributed by atoms with E-state index in [0.717, 1.165) is 0 Å². The van der Waals surface area contributed by atoms with Gasteiger partial charge in [-0.05, 0) is 0 Å². The molecule has 0 aromatic carbocycles. The van der Waals surface area contributed by atoms with Gasteiger partial charge in [0.25, 0.3) is 5.91 Å². The van der Waals surface area contributed by atoms with Crippen molar-refractivity contribution < 1.29 is 22.5 Å². The number of amides is 1. The fourth-order valence-electron chi connectivity index (χ4n) is 0.387. The molecule has 0 bridgehead atoms. The number of hydrogen-bond acceptors (Lipinski definition) is 6. The van der Waals surface area contributed by atoms with E-state index in [1.54, 1.807) is 0 Å². The van der Waals surface area contributed by atoms with Crippen molar-refractivity contribution >= 4 is 23.6 Å². The van der Waals surface area contributed by atoms with Gasteiger partial charge in [-0.1, -0.05) is 0 Å². The first-order valence-corrected chi connectivity index (χ1v) is 3.80. The highest BCUT2D eigenvalue weighted by Gasteiger charge is 2.05. The lowest BCUT2D eigenvalue weighted by atomic mass is 10.5. The minimum atomic E-state index is -2.67. The summed E-state index contributed by atoms with van der Waals surface area (Å²) in [6.45, 7) is -0.407. The Bertz CT molecular complexity index is 196. The molecule has 0 aliphatic heterocycles. The topological polar surface area (TPSA) is 122 Å². The van der Waals surface area contributed by atoms with Gasteiger partial charge in [0.1, 0.15) is 6.17 Å². The van der Waals surface area contributed by atoms with Gasteiger partial charge in [0, 0.05) is 0 Å². The molecule has 0 saturated carbocycles. The van der Waals surface area contributed by atoms with Crippen molar-refractivity contribution in [3.8, 4) is 0 Å². The smallest absolute Gasteiger partial charge is 0.285 e. The number of carbonyl (C=O) groups is 2. The maximum Gasteiger partial charge on any atom is 0.285 e. The van der Waals surface area contributed by atoms with E-state index < -0.39 is 30.0 Å². The van der Waals surface area contributed by atoms with Gasteiger partial charge < -0.3 is 15.6 Å². The molecule has 0 radical (unpaired) electrons. The first-order chi connectivity index (χ1) is 5.56. The monoisotopic (exact) mass is 195 g/mol. The van der Waals surface area contributed by atoms with Gasteiger partial charge in [-0.25, -0.2) is 4.21 Å². The number of rotatable bonds is 5. The van der Waals surface area contributed by atoms with E-state index in [0.29, 0.717) is 0 Å². The van der Waals surface area contributed by atoms with Crippen molar-refractivity contribution in [2.45, 2.75) is 6.17 Å². The highest BCUT2D eigenvalue weighted by atomic mass is 32.2. The van der Waals surface area contributed by atoms with E-state index >= 15 is 0 Å². The van der Waals surface area contributed by atoms with E-state index in [-0.39, 0.29) is 6.29 Å². The van der Waals surface area contributed by atoms with Crippen molar-refractivity contribution in [3.05, 3.63) is 0 Å². The Balaban J connectivity index is 3.59. The van der Waals surface area contributed by atoms with Crippen LogP contribution in [0, 0.1) is 0 Å². The van der Waals surface area contributed by atoms with Crippen molar-refractivity contribution in [2.75, 3.05) is 6.61 Å². The highest BCUT2D eigenvalue weighted by Crippen LogP contribution is 1.80. The van der Waals surface area contributed by atoms with Gasteiger partial charge in [-0.2, -0.15) is 0 Å². The minimum Gasteiger partial charge on any atom is -0.750 e. The molecule has 0 saturated heterocycles. The van der Waals surface area contributed by atoms with Crippen LogP contribution in [0.5, 0.6) is 0 Å². The summed E-state index contributed by atoms with van der Waals surface area (Å²) in [5, 5.41) is 1.96. The van der Waals surface area contributed by atoms with Crippen LogP contribution in [-0.2, 0) is 25.1 Å². The van der Waals surface area contributed by atoms with Crippen LogP contribution < -0.4 is 11.1 Å². The van der Waals surface area contributed by atoms with Gasteiger partial charge in [0.05, 0.1) is 18.0 Å².